The van der Waals surface area contributed by atoms with Gasteiger partial charge in [0.2, 0.25) is 0 Å². The molecule has 5 heteroatoms. The number of pyridine rings is 2. The number of hydrogen-bond donors (Lipinski definition) is 0. The zero-order valence-corrected chi connectivity index (χ0v) is 17.8. The summed E-state index contributed by atoms with van der Waals surface area (Å²) in [5, 5.41) is 8.89. The predicted octanol–water partition coefficient (Wildman–Crippen LogP) is 7.77. The highest BCUT2D eigenvalue weighted by Gasteiger charge is 2.16. The van der Waals surface area contributed by atoms with Gasteiger partial charge in [-0.2, -0.15) is 0 Å². The zero-order valence-electron chi connectivity index (χ0n) is 16.2. The van der Waals surface area contributed by atoms with Crippen LogP contribution in [-0.4, -0.2) is 14.4 Å². The lowest BCUT2D eigenvalue weighted by atomic mass is 10.0. The molecule has 0 unspecified atom stereocenters. The van der Waals surface area contributed by atoms with Gasteiger partial charge in [0.25, 0.3) is 0 Å². The fraction of sp³-hybridized carbons (Fsp3) is 0. The molecule has 0 atom stereocenters. The summed E-state index contributed by atoms with van der Waals surface area (Å²) in [5.74, 6) is 0. The Labute approximate surface area is 183 Å². The van der Waals surface area contributed by atoms with E-state index in [9.17, 15) is 0 Å². The molecule has 0 aliphatic carbocycles. The summed E-state index contributed by atoms with van der Waals surface area (Å²) < 4.78 is 7.59. The third kappa shape index (κ3) is 1.98. The van der Waals surface area contributed by atoms with Gasteiger partial charge in [-0.25, -0.2) is 4.98 Å². The van der Waals surface area contributed by atoms with Crippen molar-refractivity contribution in [2.24, 2.45) is 0 Å². The zero-order chi connectivity index (χ0) is 20.1. The molecule has 0 spiro atoms. The molecule has 0 saturated carbocycles. The van der Waals surface area contributed by atoms with E-state index in [1.54, 1.807) is 0 Å². The largest absolute Gasteiger partial charge is 0.298 e. The molecule has 8 rings (SSSR count). The first kappa shape index (κ1) is 16.2. The van der Waals surface area contributed by atoms with Crippen molar-refractivity contribution in [1.29, 1.82) is 0 Å². The smallest absolute Gasteiger partial charge is 0.146 e. The van der Waals surface area contributed by atoms with Crippen molar-refractivity contribution >= 4 is 90.3 Å². The lowest BCUT2D eigenvalue weighted by Gasteiger charge is -2.08. The van der Waals surface area contributed by atoms with E-state index in [0.717, 1.165) is 11.0 Å². The van der Waals surface area contributed by atoms with Crippen LogP contribution in [0.15, 0.2) is 79.4 Å². The molecular formula is C26H13N3S2. The Hall–Kier alpha value is -3.54. The second-order valence-electron chi connectivity index (χ2n) is 7.93. The lowest BCUT2D eigenvalue weighted by molar-refractivity contribution is 1.27. The summed E-state index contributed by atoms with van der Waals surface area (Å²) in [6, 6.07) is 20.1. The van der Waals surface area contributed by atoms with E-state index in [0.29, 0.717) is 0 Å². The average Bonchev–Trinajstić information content (AvgIpc) is 3.52. The first-order chi connectivity index (χ1) is 15.4. The van der Waals surface area contributed by atoms with Crippen molar-refractivity contribution in [2.45, 2.75) is 0 Å². The minimum absolute atomic E-state index is 0.965. The van der Waals surface area contributed by atoms with Crippen molar-refractivity contribution in [1.82, 2.24) is 14.4 Å². The Morgan fingerprint density at radius 3 is 2.52 bits per heavy atom. The molecule has 8 aromatic rings. The third-order valence-electron chi connectivity index (χ3n) is 6.35. The number of nitrogens with zero attached hydrogens (tertiary/aromatic N) is 3. The Bertz CT molecular complexity index is 2010. The molecule has 0 bridgehead atoms. The molecule has 3 aromatic carbocycles. The van der Waals surface area contributed by atoms with Crippen molar-refractivity contribution in [2.75, 3.05) is 0 Å². The van der Waals surface area contributed by atoms with Gasteiger partial charge in [-0.05, 0) is 29.7 Å². The second kappa shape index (κ2) is 5.58. The first-order valence-corrected chi connectivity index (χ1v) is 11.8. The van der Waals surface area contributed by atoms with Gasteiger partial charge in [0.05, 0.1) is 10.2 Å². The Kier molecular flexibility index (Phi) is 2.91. The molecule has 0 aliphatic rings. The summed E-state index contributed by atoms with van der Waals surface area (Å²) >= 11 is 3.77. The van der Waals surface area contributed by atoms with Gasteiger partial charge in [0.1, 0.15) is 5.65 Å². The number of hydrogen-bond acceptors (Lipinski definition) is 4. The quantitative estimate of drug-likeness (QED) is 0.230. The SMILES string of the molecule is c1ccc2c(c1)sc1cc3sc4c(ccc5c6ccncc6c6nccn6c54)c3cc12. The highest BCUT2D eigenvalue weighted by Crippen LogP contribution is 2.44. The van der Waals surface area contributed by atoms with Crippen LogP contribution >= 0.6 is 22.7 Å². The van der Waals surface area contributed by atoms with E-state index in [1.165, 1.54) is 56.6 Å². The number of fused-ring (bicyclic) bond motifs is 13. The van der Waals surface area contributed by atoms with Crippen LogP contribution in [0.4, 0.5) is 0 Å². The van der Waals surface area contributed by atoms with E-state index in [2.05, 4.69) is 75.2 Å². The van der Waals surface area contributed by atoms with Crippen LogP contribution in [0.1, 0.15) is 0 Å². The molecular weight excluding hydrogens is 418 g/mol. The molecule has 5 heterocycles. The van der Waals surface area contributed by atoms with Crippen LogP contribution in [0.2, 0.25) is 0 Å². The third-order valence-corrected chi connectivity index (χ3v) is 8.66. The van der Waals surface area contributed by atoms with Crippen molar-refractivity contribution in [3.63, 3.8) is 0 Å². The Balaban J connectivity index is 1.62. The van der Waals surface area contributed by atoms with Crippen molar-refractivity contribution in [3.8, 4) is 0 Å². The molecule has 31 heavy (non-hydrogen) atoms. The highest BCUT2D eigenvalue weighted by molar-refractivity contribution is 7.28. The van der Waals surface area contributed by atoms with Gasteiger partial charge in [0, 0.05) is 71.2 Å². The van der Waals surface area contributed by atoms with Gasteiger partial charge >= 0.3 is 0 Å². The summed E-state index contributed by atoms with van der Waals surface area (Å²) in [6.07, 6.45) is 7.75. The van der Waals surface area contributed by atoms with Crippen LogP contribution in [0, 0.1) is 0 Å². The lowest BCUT2D eigenvalue weighted by Crippen LogP contribution is -1.91. The molecule has 3 nitrogen and oxygen atoms in total. The maximum atomic E-state index is 4.66. The fourth-order valence-electron chi connectivity index (χ4n) is 4.99. The van der Waals surface area contributed by atoms with Crippen LogP contribution in [0.5, 0.6) is 0 Å². The van der Waals surface area contributed by atoms with Gasteiger partial charge in [0.15, 0.2) is 0 Å². The molecule has 0 aliphatic heterocycles. The fourth-order valence-corrected chi connectivity index (χ4v) is 7.46. The summed E-state index contributed by atoms with van der Waals surface area (Å²) in [4.78, 5) is 9.00. The van der Waals surface area contributed by atoms with Gasteiger partial charge in [-0.1, -0.05) is 30.3 Å². The Morgan fingerprint density at radius 1 is 0.645 bits per heavy atom. The number of aromatic nitrogens is 3. The van der Waals surface area contributed by atoms with Crippen molar-refractivity contribution in [3.05, 3.63) is 79.4 Å². The monoisotopic (exact) mass is 431 g/mol. The van der Waals surface area contributed by atoms with Crippen LogP contribution < -0.4 is 0 Å². The minimum Gasteiger partial charge on any atom is -0.298 e. The maximum Gasteiger partial charge on any atom is 0.146 e. The standard InChI is InChI=1S/C26H13N3S2/c1-2-4-21-15(3-1)18-11-19-17-6-5-16-14-7-8-27-13-20(14)26-28-9-10-29(26)24(16)25(17)31-23(19)12-22(18)30-21/h1-13H. The summed E-state index contributed by atoms with van der Waals surface area (Å²) in [7, 11) is 0. The number of rotatable bonds is 0. The molecule has 0 amide bonds. The number of benzene rings is 3. The molecule has 0 fully saturated rings. The second-order valence-corrected chi connectivity index (χ2v) is 10.1. The molecule has 0 saturated heterocycles. The maximum absolute atomic E-state index is 4.66. The molecule has 0 radical (unpaired) electrons. The molecule has 144 valence electrons. The van der Waals surface area contributed by atoms with E-state index in [4.69, 9.17) is 0 Å². The van der Waals surface area contributed by atoms with E-state index in [-0.39, 0.29) is 0 Å². The predicted molar refractivity (Wildman–Crippen MR) is 134 cm³/mol. The summed E-state index contributed by atoms with van der Waals surface area (Å²) in [6.45, 7) is 0. The van der Waals surface area contributed by atoms with Crippen LogP contribution in [-0.2, 0) is 0 Å². The van der Waals surface area contributed by atoms with E-state index in [1.807, 2.05) is 41.3 Å². The first-order valence-electron chi connectivity index (χ1n) is 10.2. The Morgan fingerprint density at radius 2 is 1.52 bits per heavy atom. The molecule has 0 N–H and O–H groups in total. The highest BCUT2D eigenvalue weighted by atomic mass is 32.1. The van der Waals surface area contributed by atoms with Crippen LogP contribution in [0.3, 0.4) is 0 Å². The van der Waals surface area contributed by atoms with Gasteiger partial charge < -0.3 is 0 Å². The van der Waals surface area contributed by atoms with E-state index < -0.39 is 0 Å². The van der Waals surface area contributed by atoms with Crippen molar-refractivity contribution < 1.29 is 0 Å². The molecule has 5 aromatic heterocycles. The number of imidazole rings is 1. The van der Waals surface area contributed by atoms with Gasteiger partial charge in [-0.3, -0.25) is 9.38 Å². The topological polar surface area (TPSA) is 30.2 Å². The normalized spacial score (nSPS) is 12.5. The van der Waals surface area contributed by atoms with Gasteiger partial charge in [-0.15, -0.1) is 22.7 Å². The summed E-state index contributed by atoms with van der Waals surface area (Å²) in [5.41, 5.74) is 2.20. The number of thiophene rings is 2. The average molecular weight is 432 g/mol. The van der Waals surface area contributed by atoms with E-state index >= 15 is 0 Å². The van der Waals surface area contributed by atoms with Crippen LogP contribution in [0.25, 0.3) is 67.7 Å². The minimum atomic E-state index is 0.965.